The molecule has 1 atom stereocenters. The molecule has 2 rings (SSSR count). The summed E-state index contributed by atoms with van der Waals surface area (Å²) in [7, 11) is 2.24. The van der Waals surface area contributed by atoms with E-state index < -0.39 is 0 Å². The van der Waals surface area contributed by atoms with Gasteiger partial charge in [0.2, 0.25) is 0 Å². The zero-order chi connectivity index (χ0) is 11.8. The number of nitrogens with zero attached hydrogens (tertiary/aromatic N) is 1. The van der Waals surface area contributed by atoms with Gasteiger partial charge in [-0.3, -0.25) is 4.90 Å². The van der Waals surface area contributed by atoms with Gasteiger partial charge in [0.15, 0.2) is 0 Å². The molecule has 2 nitrogen and oxygen atoms in total. The van der Waals surface area contributed by atoms with Crippen molar-refractivity contribution in [2.45, 2.75) is 45.3 Å². The first-order valence-electron chi connectivity index (χ1n) is 5.96. The van der Waals surface area contributed by atoms with E-state index in [2.05, 4.69) is 49.5 Å². The highest BCUT2D eigenvalue weighted by Crippen LogP contribution is 2.24. The number of hydrogen-bond acceptors (Lipinski definition) is 3. The minimum Gasteiger partial charge on any atom is -0.310 e. The van der Waals surface area contributed by atoms with Gasteiger partial charge in [0.25, 0.3) is 0 Å². The summed E-state index contributed by atoms with van der Waals surface area (Å²) in [4.78, 5) is 3.99. The van der Waals surface area contributed by atoms with Gasteiger partial charge >= 0.3 is 0 Å². The molecule has 3 heteroatoms. The van der Waals surface area contributed by atoms with Crippen LogP contribution in [0.3, 0.4) is 0 Å². The van der Waals surface area contributed by atoms with Crippen molar-refractivity contribution in [3.63, 3.8) is 0 Å². The normalized spacial score (nSPS) is 24.2. The van der Waals surface area contributed by atoms with Crippen molar-refractivity contribution in [3.05, 3.63) is 21.9 Å². The fourth-order valence-corrected chi connectivity index (χ4v) is 3.33. The summed E-state index contributed by atoms with van der Waals surface area (Å²) in [6.45, 7) is 8.99. The van der Waals surface area contributed by atoms with Crippen LogP contribution in [0, 0.1) is 6.92 Å². The third-order valence-corrected chi connectivity index (χ3v) is 4.55. The zero-order valence-corrected chi connectivity index (χ0v) is 11.5. The maximum absolute atomic E-state index is 3.58. The van der Waals surface area contributed by atoms with Crippen LogP contribution in [-0.4, -0.2) is 30.1 Å². The van der Waals surface area contributed by atoms with Crippen LogP contribution < -0.4 is 5.32 Å². The lowest BCUT2D eigenvalue weighted by molar-refractivity contribution is 0.242. The summed E-state index contributed by atoms with van der Waals surface area (Å²) >= 11 is 1.87. The monoisotopic (exact) mass is 238 g/mol. The van der Waals surface area contributed by atoms with E-state index in [1.807, 2.05) is 11.3 Å². The Bertz CT molecular complexity index is 357. The van der Waals surface area contributed by atoms with E-state index in [1.54, 1.807) is 0 Å². The van der Waals surface area contributed by atoms with Gasteiger partial charge in [-0.25, -0.2) is 0 Å². The van der Waals surface area contributed by atoms with Gasteiger partial charge in [-0.2, -0.15) is 0 Å². The molecule has 1 aromatic rings. The van der Waals surface area contributed by atoms with Crippen molar-refractivity contribution in [2.75, 3.05) is 13.6 Å². The number of aryl methyl sites for hydroxylation is 1. The number of nitrogens with one attached hydrogen (secondary N) is 1. The molecule has 0 spiro atoms. The molecule has 16 heavy (non-hydrogen) atoms. The molecule has 0 saturated carbocycles. The van der Waals surface area contributed by atoms with E-state index in [9.17, 15) is 0 Å². The minimum absolute atomic E-state index is 0.309. The Labute approximate surface area is 103 Å². The molecule has 90 valence electrons. The fourth-order valence-electron chi connectivity index (χ4n) is 2.36. The lowest BCUT2D eigenvalue weighted by Crippen LogP contribution is -2.32. The molecule has 1 aliphatic rings. The second-order valence-electron chi connectivity index (χ2n) is 5.56. The Balaban J connectivity index is 1.94. The SMILES string of the molecule is Cc1ccsc1CN(C)C1CNC(C)(C)C1. The van der Waals surface area contributed by atoms with Crippen molar-refractivity contribution in [3.8, 4) is 0 Å². The summed E-state index contributed by atoms with van der Waals surface area (Å²) in [6.07, 6.45) is 1.24. The van der Waals surface area contributed by atoms with Crippen LogP contribution in [0.4, 0.5) is 0 Å². The van der Waals surface area contributed by atoms with E-state index in [0.717, 1.165) is 13.1 Å². The Morgan fingerprint density at radius 1 is 1.56 bits per heavy atom. The highest BCUT2D eigenvalue weighted by molar-refractivity contribution is 7.10. The van der Waals surface area contributed by atoms with Crippen LogP contribution >= 0.6 is 11.3 Å². The van der Waals surface area contributed by atoms with Gasteiger partial charge < -0.3 is 5.32 Å². The topological polar surface area (TPSA) is 15.3 Å². The highest BCUT2D eigenvalue weighted by Gasteiger charge is 2.32. The number of thiophene rings is 1. The van der Waals surface area contributed by atoms with Crippen LogP contribution in [0.25, 0.3) is 0 Å². The second kappa shape index (κ2) is 4.47. The van der Waals surface area contributed by atoms with Gasteiger partial charge in [-0.05, 0) is 51.2 Å². The Hall–Kier alpha value is -0.380. The van der Waals surface area contributed by atoms with Crippen LogP contribution in [-0.2, 0) is 6.54 Å². The van der Waals surface area contributed by atoms with E-state index in [1.165, 1.54) is 16.9 Å². The molecule has 0 amide bonds. The van der Waals surface area contributed by atoms with E-state index in [-0.39, 0.29) is 0 Å². The summed E-state index contributed by atoms with van der Waals surface area (Å²) < 4.78 is 0. The van der Waals surface area contributed by atoms with Gasteiger partial charge in [0, 0.05) is 29.5 Å². The zero-order valence-electron chi connectivity index (χ0n) is 10.7. The lowest BCUT2D eigenvalue weighted by atomic mass is 10.0. The van der Waals surface area contributed by atoms with Crippen LogP contribution in [0.1, 0.15) is 30.7 Å². The maximum atomic E-state index is 3.58. The Kier molecular flexibility index (Phi) is 3.38. The molecular weight excluding hydrogens is 216 g/mol. The third kappa shape index (κ3) is 2.65. The van der Waals surface area contributed by atoms with Crippen molar-refractivity contribution in [2.24, 2.45) is 0 Å². The maximum Gasteiger partial charge on any atom is 0.0331 e. The standard InChI is InChI=1S/C13H22N2S/c1-10-5-6-16-12(10)9-15(4)11-7-13(2,3)14-8-11/h5-6,11,14H,7-9H2,1-4H3. The predicted molar refractivity (Wildman–Crippen MR) is 71.0 cm³/mol. The predicted octanol–water partition coefficient (Wildman–Crippen LogP) is 2.63. The van der Waals surface area contributed by atoms with Gasteiger partial charge in [0.1, 0.15) is 0 Å². The summed E-state index contributed by atoms with van der Waals surface area (Å²) in [6, 6.07) is 2.89. The van der Waals surface area contributed by atoms with E-state index in [4.69, 9.17) is 0 Å². The summed E-state index contributed by atoms with van der Waals surface area (Å²) in [5.74, 6) is 0. The van der Waals surface area contributed by atoms with Crippen LogP contribution in [0.5, 0.6) is 0 Å². The highest BCUT2D eigenvalue weighted by atomic mass is 32.1. The number of likely N-dealkylation sites (N-methyl/N-ethyl adjacent to an activating group) is 1. The number of rotatable bonds is 3. The first-order valence-corrected chi connectivity index (χ1v) is 6.84. The molecular formula is C13H22N2S. The Morgan fingerprint density at radius 3 is 2.81 bits per heavy atom. The van der Waals surface area contributed by atoms with Gasteiger partial charge in [0.05, 0.1) is 0 Å². The minimum atomic E-state index is 0.309. The third-order valence-electron chi connectivity index (χ3n) is 3.55. The quantitative estimate of drug-likeness (QED) is 0.871. The van der Waals surface area contributed by atoms with Gasteiger partial charge in [-0.1, -0.05) is 0 Å². The molecule has 1 aromatic heterocycles. The van der Waals surface area contributed by atoms with E-state index in [0.29, 0.717) is 11.6 Å². The van der Waals surface area contributed by atoms with E-state index >= 15 is 0 Å². The molecule has 0 bridgehead atoms. The molecule has 0 radical (unpaired) electrons. The molecule has 1 saturated heterocycles. The first-order chi connectivity index (χ1) is 7.48. The summed E-state index contributed by atoms with van der Waals surface area (Å²) in [5, 5.41) is 5.77. The van der Waals surface area contributed by atoms with Crippen LogP contribution in [0.2, 0.25) is 0 Å². The average molecular weight is 238 g/mol. The van der Waals surface area contributed by atoms with Gasteiger partial charge in [-0.15, -0.1) is 11.3 Å². The fraction of sp³-hybridized carbons (Fsp3) is 0.692. The molecule has 1 fully saturated rings. The van der Waals surface area contributed by atoms with Crippen LogP contribution in [0.15, 0.2) is 11.4 Å². The Morgan fingerprint density at radius 2 is 2.31 bits per heavy atom. The molecule has 1 unspecified atom stereocenters. The lowest BCUT2D eigenvalue weighted by Gasteiger charge is -2.24. The summed E-state index contributed by atoms with van der Waals surface area (Å²) in [5.41, 5.74) is 1.74. The van der Waals surface area contributed by atoms with Crippen molar-refractivity contribution in [1.29, 1.82) is 0 Å². The molecule has 1 N–H and O–H groups in total. The van der Waals surface area contributed by atoms with Crippen molar-refractivity contribution < 1.29 is 0 Å². The van der Waals surface area contributed by atoms with Crippen molar-refractivity contribution >= 4 is 11.3 Å². The second-order valence-corrected chi connectivity index (χ2v) is 6.57. The smallest absolute Gasteiger partial charge is 0.0331 e. The average Bonchev–Trinajstić information content (AvgIpc) is 2.74. The van der Waals surface area contributed by atoms with Crippen molar-refractivity contribution in [1.82, 2.24) is 10.2 Å². The molecule has 1 aliphatic heterocycles. The first kappa shape index (κ1) is 12.1. The molecule has 0 aliphatic carbocycles. The largest absolute Gasteiger partial charge is 0.310 e. The molecule has 2 heterocycles. The molecule has 0 aromatic carbocycles. The number of hydrogen-bond donors (Lipinski definition) is 1.